The summed E-state index contributed by atoms with van der Waals surface area (Å²) < 4.78 is 0. The first-order valence-electron chi connectivity index (χ1n) is 7.09. The van der Waals surface area contributed by atoms with Crippen LogP contribution in [0.5, 0.6) is 0 Å². The van der Waals surface area contributed by atoms with Gasteiger partial charge in [0.25, 0.3) is 5.91 Å². The summed E-state index contributed by atoms with van der Waals surface area (Å²) in [7, 11) is 3.96. The quantitative estimate of drug-likeness (QED) is 0.781. The van der Waals surface area contributed by atoms with E-state index in [0.717, 1.165) is 18.5 Å². The molecule has 0 saturated carbocycles. The van der Waals surface area contributed by atoms with Gasteiger partial charge < -0.3 is 10.2 Å². The molecule has 0 heterocycles. The van der Waals surface area contributed by atoms with E-state index in [9.17, 15) is 4.79 Å². The standard InChI is InChI=1S/C16H25ClN2O/c1-5-16(6-2,11-17)12-18-15(20)13-7-9-14(10-8-13)19(3)4/h7-10H,5-6,11-12H2,1-4H3,(H,18,20). The van der Waals surface area contributed by atoms with Crippen molar-refractivity contribution in [3.63, 3.8) is 0 Å². The molecule has 0 aromatic heterocycles. The predicted molar refractivity (Wildman–Crippen MR) is 86.8 cm³/mol. The lowest BCUT2D eigenvalue weighted by molar-refractivity contribution is 0.0932. The summed E-state index contributed by atoms with van der Waals surface area (Å²) in [4.78, 5) is 14.2. The van der Waals surface area contributed by atoms with E-state index in [2.05, 4.69) is 19.2 Å². The number of hydrogen-bond donors (Lipinski definition) is 1. The van der Waals surface area contributed by atoms with Crippen molar-refractivity contribution < 1.29 is 4.79 Å². The smallest absolute Gasteiger partial charge is 0.251 e. The number of hydrogen-bond acceptors (Lipinski definition) is 2. The second-order valence-electron chi connectivity index (χ2n) is 5.46. The molecule has 4 heteroatoms. The number of alkyl halides is 1. The summed E-state index contributed by atoms with van der Waals surface area (Å²) >= 11 is 6.05. The Balaban J connectivity index is 2.67. The fraction of sp³-hybridized carbons (Fsp3) is 0.562. The van der Waals surface area contributed by atoms with Gasteiger partial charge in [0.1, 0.15) is 0 Å². The van der Waals surface area contributed by atoms with E-state index >= 15 is 0 Å². The van der Waals surface area contributed by atoms with Gasteiger partial charge in [-0.15, -0.1) is 11.6 Å². The van der Waals surface area contributed by atoms with Gasteiger partial charge in [0.15, 0.2) is 0 Å². The molecule has 1 aromatic rings. The van der Waals surface area contributed by atoms with E-state index in [0.29, 0.717) is 18.0 Å². The lowest BCUT2D eigenvalue weighted by Gasteiger charge is -2.29. The van der Waals surface area contributed by atoms with E-state index in [1.165, 1.54) is 0 Å². The third-order valence-electron chi connectivity index (χ3n) is 4.05. The van der Waals surface area contributed by atoms with Crippen molar-refractivity contribution in [2.75, 3.05) is 31.4 Å². The van der Waals surface area contributed by atoms with E-state index in [4.69, 9.17) is 11.6 Å². The number of carbonyl (C=O) groups is 1. The Morgan fingerprint density at radius 3 is 2.15 bits per heavy atom. The van der Waals surface area contributed by atoms with Gasteiger partial charge in [0.05, 0.1) is 0 Å². The molecule has 0 aliphatic carbocycles. The molecule has 0 aliphatic heterocycles. The minimum Gasteiger partial charge on any atom is -0.378 e. The number of halogens is 1. The second-order valence-corrected chi connectivity index (χ2v) is 5.73. The maximum atomic E-state index is 12.2. The topological polar surface area (TPSA) is 32.3 Å². The summed E-state index contributed by atoms with van der Waals surface area (Å²) in [6.07, 6.45) is 1.93. The van der Waals surface area contributed by atoms with Crippen LogP contribution in [-0.4, -0.2) is 32.4 Å². The minimum atomic E-state index is -0.0355. The van der Waals surface area contributed by atoms with Crippen LogP contribution in [0.1, 0.15) is 37.0 Å². The van der Waals surface area contributed by atoms with Crippen LogP contribution in [0, 0.1) is 5.41 Å². The highest BCUT2D eigenvalue weighted by Gasteiger charge is 2.25. The molecule has 1 aromatic carbocycles. The van der Waals surface area contributed by atoms with Gasteiger partial charge in [0, 0.05) is 43.2 Å². The normalized spacial score (nSPS) is 11.2. The molecule has 0 unspecified atom stereocenters. The molecule has 1 N–H and O–H groups in total. The van der Waals surface area contributed by atoms with Gasteiger partial charge in [-0.25, -0.2) is 0 Å². The maximum Gasteiger partial charge on any atom is 0.251 e. The zero-order chi connectivity index (χ0) is 15.2. The average molecular weight is 297 g/mol. The summed E-state index contributed by atoms with van der Waals surface area (Å²) in [6.45, 7) is 4.85. The third kappa shape index (κ3) is 4.14. The van der Waals surface area contributed by atoms with Crippen molar-refractivity contribution in [2.24, 2.45) is 5.41 Å². The molecule has 0 radical (unpaired) electrons. The summed E-state index contributed by atoms with van der Waals surface area (Å²) in [6, 6.07) is 7.60. The number of rotatable bonds is 7. The Labute approximate surface area is 127 Å². The number of anilines is 1. The Bertz CT molecular complexity index is 416. The SMILES string of the molecule is CCC(CC)(CCl)CNC(=O)c1ccc(N(C)C)cc1. The van der Waals surface area contributed by atoms with Gasteiger partial charge >= 0.3 is 0 Å². The molecule has 1 amide bonds. The Hall–Kier alpha value is -1.22. The molecule has 20 heavy (non-hydrogen) atoms. The highest BCUT2D eigenvalue weighted by Crippen LogP contribution is 2.27. The van der Waals surface area contributed by atoms with E-state index in [-0.39, 0.29) is 11.3 Å². The molecule has 0 atom stereocenters. The van der Waals surface area contributed by atoms with E-state index in [1.54, 1.807) is 0 Å². The fourth-order valence-electron chi connectivity index (χ4n) is 2.02. The molecule has 0 fully saturated rings. The van der Waals surface area contributed by atoms with Gasteiger partial charge in [-0.2, -0.15) is 0 Å². The second kappa shape index (κ2) is 7.53. The molecule has 3 nitrogen and oxygen atoms in total. The Kier molecular flexibility index (Phi) is 6.34. The number of carbonyl (C=O) groups excluding carboxylic acids is 1. The molecular weight excluding hydrogens is 272 g/mol. The lowest BCUT2D eigenvalue weighted by atomic mass is 9.84. The van der Waals surface area contributed by atoms with Gasteiger partial charge in [0.2, 0.25) is 0 Å². The van der Waals surface area contributed by atoms with E-state index < -0.39 is 0 Å². The van der Waals surface area contributed by atoms with Crippen molar-refractivity contribution in [3.8, 4) is 0 Å². The molecule has 0 aliphatic rings. The van der Waals surface area contributed by atoms with Crippen molar-refractivity contribution in [2.45, 2.75) is 26.7 Å². The summed E-state index contributed by atoms with van der Waals surface area (Å²) in [5.41, 5.74) is 1.77. The van der Waals surface area contributed by atoms with Gasteiger partial charge in [-0.1, -0.05) is 13.8 Å². The average Bonchev–Trinajstić information content (AvgIpc) is 2.49. The molecular formula is C16H25ClN2O. The van der Waals surface area contributed by atoms with E-state index in [1.807, 2.05) is 43.3 Å². The predicted octanol–water partition coefficient (Wildman–Crippen LogP) is 3.53. The molecule has 0 spiro atoms. The Morgan fingerprint density at radius 2 is 1.75 bits per heavy atom. The zero-order valence-electron chi connectivity index (χ0n) is 12.9. The van der Waals surface area contributed by atoms with Crippen LogP contribution in [0.3, 0.4) is 0 Å². The van der Waals surface area contributed by atoms with Gasteiger partial charge in [-0.3, -0.25) is 4.79 Å². The van der Waals surface area contributed by atoms with Crippen LogP contribution in [0.25, 0.3) is 0 Å². The first-order valence-corrected chi connectivity index (χ1v) is 7.63. The maximum absolute atomic E-state index is 12.2. The summed E-state index contributed by atoms with van der Waals surface area (Å²) in [5.74, 6) is 0.534. The van der Waals surface area contributed by atoms with Crippen LogP contribution >= 0.6 is 11.6 Å². The van der Waals surface area contributed by atoms with Crippen molar-refractivity contribution in [3.05, 3.63) is 29.8 Å². The summed E-state index contributed by atoms with van der Waals surface area (Å²) in [5, 5.41) is 3.00. The van der Waals surface area contributed by atoms with Crippen LogP contribution in [0.2, 0.25) is 0 Å². The van der Waals surface area contributed by atoms with Crippen molar-refractivity contribution in [1.29, 1.82) is 0 Å². The van der Waals surface area contributed by atoms with Crippen LogP contribution in [0.15, 0.2) is 24.3 Å². The number of amides is 1. The van der Waals surface area contributed by atoms with Crippen molar-refractivity contribution >= 4 is 23.2 Å². The third-order valence-corrected chi connectivity index (χ3v) is 4.62. The highest BCUT2D eigenvalue weighted by atomic mass is 35.5. The first-order chi connectivity index (χ1) is 9.48. The molecule has 0 bridgehead atoms. The number of benzene rings is 1. The zero-order valence-corrected chi connectivity index (χ0v) is 13.6. The largest absolute Gasteiger partial charge is 0.378 e. The monoisotopic (exact) mass is 296 g/mol. The number of nitrogens with one attached hydrogen (secondary N) is 1. The minimum absolute atomic E-state index is 0.000786. The molecule has 1 rings (SSSR count). The molecule has 0 saturated heterocycles. The van der Waals surface area contributed by atoms with Crippen LogP contribution < -0.4 is 10.2 Å². The van der Waals surface area contributed by atoms with Gasteiger partial charge in [-0.05, 0) is 37.1 Å². The van der Waals surface area contributed by atoms with Crippen molar-refractivity contribution in [1.82, 2.24) is 5.32 Å². The number of nitrogens with zero attached hydrogens (tertiary/aromatic N) is 1. The van der Waals surface area contributed by atoms with Crippen LogP contribution in [-0.2, 0) is 0 Å². The lowest BCUT2D eigenvalue weighted by Crippen LogP contribution is -2.38. The van der Waals surface area contributed by atoms with Crippen LogP contribution in [0.4, 0.5) is 5.69 Å². The highest BCUT2D eigenvalue weighted by molar-refractivity contribution is 6.18. The fourth-order valence-corrected chi connectivity index (χ4v) is 2.49. The Morgan fingerprint density at radius 1 is 1.20 bits per heavy atom. The first kappa shape index (κ1) is 16.8. The molecule has 112 valence electrons.